The number of rotatable bonds is 1. The lowest BCUT2D eigenvalue weighted by molar-refractivity contribution is 0.613. The third kappa shape index (κ3) is 1.11. The monoisotopic (exact) mass is 193 g/mol. The minimum absolute atomic E-state index is 0.204. The molecule has 4 heteroatoms. The van der Waals surface area contributed by atoms with E-state index < -0.39 is 0 Å². The first-order valence-electron chi connectivity index (χ1n) is 4.46. The molecule has 0 amide bonds. The number of benzene rings is 1. The van der Waals surface area contributed by atoms with E-state index >= 15 is 0 Å². The van der Waals surface area contributed by atoms with Crippen LogP contribution in [0.4, 0.5) is 4.39 Å². The molecule has 0 saturated carbocycles. The Kier molecular flexibility index (Phi) is 2.00. The van der Waals surface area contributed by atoms with Gasteiger partial charge in [0.15, 0.2) is 0 Å². The highest BCUT2D eigenvalue weighted by Gasteiger charge is 2.12. The molecule has 14 heavy (non-hydrogen) atoms. The third-order valence-electron chi connectivity index (χ3n) is 2.45. The number of nitrogens with two attached hydrogens (primary N) is 1. The van der Waals surface area contributed by atoms with Crippen molar-refractivity contribution < 1.29 is 4.39 Å². The van der Waals surface area contributed by atoms with Gasteiger partial charge in [-0.2, -0.15) is 5.10 Å². The summed E-state index contributed by atoms with van der Waals surface area (Å²) in [5.41, 5.74) is 7.81. The molecular weight excluding hydrogens is 181 g/mol. The van der Waals surface area contributed by atoms with E-state index in [9.17, 15) is 4.39 Å². The second-order valence-electron chi connectivity index (χ2n) is 3.33. The Hall–Kier alpha value is -1.42. The van der Waals surface area contributed by atoms with Crippen LogP contribution in [0.3, 0.4) is 0 Å². The lowest BCUT2D eigenvalue weighted by Crippen LogP contribution is -2.01. The van der Waals surface area contributed by atoms with Crippen LogP contribution < -0.4 is 5.73 Å². The van der Waals surface area contributed by atoms with Gasteiger partial charge in [0.25, 0.3) is 0 Å². The lowest BCUT2D eigenvalue weighted by atomic mass is 10.1. The molecule has 0 aliphatic carbocycles. The molecule has 0 bridgehead atoms. The maximum absolute atomic E-state index is 13.4. The summed E-state index contributed by atoms with van der Waals surface area (Å²) in [5.74, 6) is -0.254. The summed E-state index contributed by atoms with van der Waals surface area (Å²) in [6.45, 7) is 2.07. The van der Waals surface area contributed by atoms with E-state index in [-0.39, 0.29) is 12.4 Å². The number of hydrogen-bond acceptors (Lipinski definition) is 2. The Balaban J connectivity index is 2.92. The number of aromatic nitrogens is 2. The second kappa shape index (κ2) is 3.06. The van der Waals surface area contributed by atoms with Crippen LogP contribution in [0.1, 0.15) is 11.3 Å². The Labute approximate surface area is 81.3 Å². The molecule has 1 aromatic heterocycles. The first-order valence-corrected chi connectivity index (χ1v) is 4.46. The van der Waals surface area contributed by atoms with Gasteiger partial charge < -0.3 is 5.73 Å². The smallest absolute Gasteiger partial charge is 0.128 e. The summed E-state index contributed by atoms with van der Waals surface area (Å²) < 4.78 is 15.1. The van der Waals surface area contributed by atoms with Gasteiger partial charge >= 0.3 is 0 Å². The fraction of sp³-hybridized carbons (Fsp3) is 0.300. The number of halogens is 1. The molecule has 0 unspecified atom stereocenters. The second-order valence-corrected chi connectivity index (χ2v) is 3.33. The van der Waals surface area contributed by atoms with Crippen LogP contribution >= 0.6 is 0 Å². The van der Waals surface area contributed by atoms with Crippen LogP contribution in [-0.2, 0) is 13.6 Å². The van der Waals surface area contributed by atoms with E-state index in [2.05, 4.69) is 5.10 Å². The van der Waals surface area contributed by atoms with Crippen LogP contribution in [0.25, 0.3) is 10.9 Å². The molecule has 0 fully saturated rings. The molecular formula is C10H12FN3. The zero-order chi connectivity index (χ0) is 10.3. The Bertz CT molecular complexity index is 488. The molecule has 0 atom stereocenters. The maximum Gasteiger partial charge on any atom is 0.128 e. The van der Waals surface area contributed by atoms with Gasteiger partial charge in [-0.3, -0.25) is 4.68 Å². The molecule has 1 aromatic carbocycles. The van der Waals surface area contributed by atoms with Gasteiger partial charge in [-0.25, -0.2) is 4.39 Å². The number of nitrogens with zero attached hydrogens (tertiary/aromatic N) is 2. The van der Waals surface area contributed by atoms with Crippen molar-refractivity contribution in [2.45, 2.75) is 13.5 Å². The number of hydrogen-bond donors (Lipinski definition) is 1. The molecule has 0 aliphatic rings. The molecule has 0 aliphatic heterocycles. The Morgan fingerprint density at radius 3 is 2.86 bits per heavy atom. The van der Waals surface area contributed by atoms with Crippen molar-refractivity contribution in [1.82, 2.24) is 9.78 Å². The van der Waals surface area contributed by atoms with Crippen LogP contribution in [0.15, 0.2) is 12.1 Å². The minimum Gasteiger partial charge on any atom is -0.326 e. The van der Waals surface area contributed by atoms with Crippen LogP contribution in [-0.4, -0.2) is 9.78 Å². The zero-order valence-electron chi connectivity index (χ0n) is 8.21. The normalized spacial score (nSPS) is 11.1. The zero-order valence-corrected chi connectivity index (χ0v) is 8.21. The molecule has 0 radical (unpaired) electrons. The predicted molar refractivity (Wildman–Crippen MR) is 53.3 cm³/mol. The summed E-state index contributed by atoms with van der Waals surface area (Å²) in [4.78, 5) is 0. The lowest BCUT2D eigenvalue weighted by Gasteiger charge is -2.02. The van der Waals surface area contributed by atoms with E-state index in [0.29, 0.717) is 5.56 Å². The molecule has 0 spiro atoms. The third-order valence-corrected chi connectivity index (χ3v) is 2.45. The first-order chi connectivity index (χ1) is 6.65. The average molecular weight is 193 g/mol. The molecule has 74 valence electrons. The van der Waals surface area contributed by atoms with E-state index in [1.165, 1.54) is 6.07 Å². The number of fused-ring (bicyclic) bond motifs is 1. The summed E-state index contributed by atoms with van der Waals surface area (Å²) in [6.07, 6.45) is 0. The molecule has 0 saturated heterocycles. The summed E-state index contributed by atoms with van der Waals surface area (Å²) in [7, 11) is 1.84. The van der Waals surface area contributed by atoms with E-state index in [1.807, 2.05) is 14.0 Å². The van der Waals surface area contributed by atoms with E-state index in [0.717, 1.165) is 16.6 Å². The largest absolute Gasteiger partial charge is 0.326 e. The highest BCUT2D eigenvalue weighted by atomic mass is 19.1. The maximum atomic E-state index is 13.4. The van der Waals surface area contributed by atoms with Crippen molar-refractivity contribution in [1.29, 1.82) is 0 Å². The fourth-order valence-electron chi connectivity index (χ4n) is 1.81. The van der Waals surface area contributed by atoms with Crippen molar-refractivity contribution in [2.24, 2.45) is 12.8 Å². The van der Waals surface area contributed by atoms with Gasteiger partial charge in [0, 0.05) is 24.5 Å². The fourth-order valence-corrected chi connectivity index (χ4v) is 1.81. The van der Waals surface area contributed by atoms with Gasteiger partial charge in [-0.15, -0.1) is 0 Å². The number of aryl methyl sites for hydroxylation is 2. The van der Waals surface area contributed by atoms with Crippen LogP contribution in [0.5, 0.6) is 0 Å². The quantitative estimate of drug-likeness (QED) is 0.745. The van der Waals surface area contributed by atoms with Crippen LogP contribution in [0.2, 0.25) is 0 Å². The van der Waals surface area contributed by atoms with Crippen molar-refractivity contribution in [3.8, 4) is 0 Å². The van der Waals surface area contributed by atoms with Crippen molar-refractivity contribution in [2.75, 3.05) is 0 Å². The van der Waals surface area contributed by atoms with Crippen molar-refractivity contribution >= 4 is 10.9 Å². The van der Waals surface area contributed by atoms with E-state index in [4.69, 9.17) is 5.73 Å². The highest BCUT2D eigenvalue weighted by molar-refractivity contribution is 5.85. The topological polar surface area (TPSA) is 43.8 Å². The standard InChI is InChI=1S/C10H12FN3/c1-6-10-7(5-12)8(11)3-4-9(10)14(2)13-6/h3-4H,5,12H2,1-2H3. The van der Waals surface area contributed by atoms with Gasteiger partial charge in [-0.05, 0) is 19.1 Å². The molecule has 1 heterocycles. The molecule has 2 aromatic rings. The summed E-state index contributed by atoms with van der Waals surface area (Å²) in [5, 5.41) is 5.08. The van der Waals surface area contributed by atoms with Crippen molar-refractivity contribution in [3.63, 3.8) is 0 Å². The summed E-state index contributed by atoms with van der Waals surface area (Å²) in [6, 6.07) is 3.16. The van der Waals surface area contributed by atoms with Crippen molar-refractivity contribution in [3.05, 3.63) is 29.2 Å². The molecule has 3 nitrogen and oxygen atoms in total. The van der Waals surface area contributed by atoms with E-state index in [1.54, 1.807) is 10.7 Å². The highest BCUT2D eigenvalue weighted by Crippen LogP contribution is 2.23. The molecule has 2 rings (SSSR count). The SMILES string of the molecule is Cc1nn(C)c2ccc(F)c(CN)c12. The average Bonchev–Trinajstić information content (AvgIpc) is 2.43. The first kappa shape index (κ1) is 9.15. The summed E-state index contributed by atoms with van der Waals surface area (Å²) >= 11 is 0. The van der Waals surface area contributed by atoms with Gasteiger partial charge in [0.05, 0.1) is 11.2 Å². The van der Waals surface area contributed by atoms with Gasteiger partial charge in [0.1, 0.15) is 5.82 Å². The predicted octanol–water partition coefficient (Wildman–Crippen LogP) is 1.48. The van der Waals surface area contributed by atoms with Gasteiger partial charge in [-0.1, -0.05) is 0 Å². The Morgan fingerprint density at radius 2 is 2.21 bits per heavy atom. The Morgan fingerprint density at radius 1 is 1.50 bits per heavy atom. The molecule has 2 N–H and O–H groups in total. The van der Waals surface area contributed by atoms with Gasteiger partial charge in [0.2, 0.25) is 0 Å². The minimum atomic E-state index is -0.254. The van der Waals surface area contributed by atoms with Crippen LogP contribution in [0, 0.1) is 12.7 Å².